The van der Waals surface area contributed by atoms with Crippen molar-refractivity contribution in [2.45, 2.75) is 12.8 Å². The van der Waals surface area contributed by atoms with Crippen LogP contribution in [0.3, 0.4) is 0 Å². The summed E-state index contributed by atoms with van der Waals surface area (Å²) < 4.78 is 63.1. The lowest BCUT2D eigenvalue weighted by atomic mass is 10.2. The van der Waals surface area contributed by atoms with Crippen LogP contribution >= 0.6 is 15.9 Å². The molecule has 0 fully saturated rings. The summed E-state index contributed by atoms with van der Waals surface area (Å²) >= 11 is 3.40. The maximum absolute atomic E-state index is 13.8. The van der Waals surface area contributed by atoms with Crippen LogP contribution in [0.2, 0.25) is 0 Å². The molecule has 0 atom stereocenters. The Kier molecular flexibility index (Phi) is 7.11. The third-order valence-corrected chi connectivity index (χ3v) is 4.78. The summed E-state index contributed by atoms with van der Waals surface area (Å²) in [7, 11) is 1.46. The number of nitrogens with one attached hydrogen (secondary N) is 1. The molecule has 1 aromatic heterocycles. The van der Waals surface area contributed by atoms with Gasteiger partial charge in [0, 0.05) is 21.8 Å². The van der Waals surface area contributed by atoms with Gasteiger partial charge >= 0.3 is 6.18 Å². The Morgan fingerprint density at radius 2 is 1.90 bits per heavy atom. The van der Waals surface area contributed by atoms with Crippen molar-refractivity contribution in [3.63, 3.8) is 0 Å². The van der Waals surface area contributed by atoms with Crippen LogP contribution in [0.15, 0.2) is 64.3 Å². The Labute approximate surface area is 183 Å². The van der Waals surface area contributed by atoms with Gasteiger partial charge in [-0.15, -0.1) is 0 Å². The van der Waals surface area contributed by atoms with E-state index in [1.807, 2.05) is 0 Å². The number of rotatable bonds is 7. The van der Waals surface area contributed by atoms with Crippen LogP contribution in [0, 0.1) is 5.82 Å². The molecule has 0 radical (unpaired) electrons. The van der Waals surface area contributed by atoms with Gasteiger partial charge in [0.05, 0.1) is 18.9 Å². The second-order valence-electron chi connectivity index (χ2n) is 6.20. The summed E-state index contributed by atoms with van der Waals surface area (Å²) in [5, 5.41) is 3.98. The Hall–Kier alpha value is -3.14. The molecule has 2 aromatic carbocycles. The van der Waals surface area contributed by atoms with Crippen molar-refractivity contribution in [3.8, 4) is 11.5 Å². The number of hydrogen-bond donors (Lipinski definition) is 1. The number of hydrazone groups is 1. The van der Waals surface area contributed by atoms with Crippen molar-refractivity contribution in [3.05, 3.63) is 81.7 Å². The van der Waals surface area contributed by atoms with Crippen LogP contribution in [0.25, 0.3) is 0 Å². The minimum Gasteiger partial charge on any atom is -0.493 e. The van der Waals surface area contributed by atoms with Crippen molar-refractivity contribution in [1.29, 1.82) is 0 Å². The molecule has 162 valence electrons. The largest absolute Gasteiger partial charge is 0.493 e. The van der Waals surface area contributed by atoms with E-state index in [9.17, 15) is 17.6 Å². The van der Waals surface area contributed by atoms with Crippen LogP contribution < -0.4 is 14.9 Å². The van der Waals surface area contributed by atoms with Gasteiger partial charge in [-0.3, -0.25) is 5.43 Å². The van der Waals surface area contributed by atoms with Gasteiger partial charge in [-0.05, 0) is 46.3 Å². The first-order chi connectivity index (χ1) is 14.8. The standard InChI is InChI=1S/C21H16BrF4N3O2/c1-30-18-8-14(10-28-29-20-7-6-15(11-27-20)21(24,25)26)16(22)9-19(18)31-12-13-4-2-3-5-17(13)23/h2-11H,12H2,1H3,(H,27,29)/b28-10-. The number of alkyl halides is 3. The zero-order chi connectivity index (χ0) is 22.4. The molecule has 1 N–H and O–H groups in total. The van der Waals surface area contributed by atoms with E-state index in [0.29, 0.717) is 27.1 Å². The lowest BCUT2D eigenvalue weighted by molar-refractivity contribution is -0.137. The molecular weight excluding hydrogens is 482 g/mol. The minimum absolute atomic E-state index is 0.0179. The van der Waals surface area contributed by atoms with E-state index in [1.165, 1.54) is 25.5 Å². The van der Waals surface area contributed by atoms with Gasteiger partial charge in [0.25, 0.3) is 0 Å². The number of methoxy groups -OCH3 is 1. The highest BCUT2D eigenvalue weighted by atomic mass is 79.9. The van der Waals surface area contributed by atoms with E-state index < -0.39 is 11.7 Å². The lowest BCUT2D eigenvalue weighted by Gasteiger charge is -2.13. The number of pyridine rings is 1. The van der Waals surface area contributed by atoms with Gasteiger partial charge in [0.2, 0.25) is 0 Å². The summed E-state index contributed by atoms with van der Waals surface area (Å²) in [6.45, 7) is 0.0179. The molecule has 0 spiro atoms. The Balaban J connectivity index is 1.70. The highest BCUT2D eigenvalue weighted by Crippen LogP contribution is 2.34. The van der Waals surface area contributed by atoms with E-state index in [4.69, 9.17) is 9.47 Å². The van der Waals surface area contributed by atoms with Gasteiger partial charge < -0.3 is 9.47 Å². The molecule has 0 unspecified atom stereocenters. The second-order valence-corrected chi connectivity index (χ2v) is 7.06. The topological polar surface area (TPSA) is 55.7 Å². The number of aromatic nitrogens is 1. The fourth-order valence-corrected chi connectivity index (χ4v) is 2.91. The maximum atomic E-state index is 13.8. The first kappa shape index (κ1) is 22.5. The smallest absolute Gasteiger partial charge is 0.417 e. The number of anilines is 1. The molecular formula is C21H16BrF4N3O2. The van der Waals surface area contributed by atoms with Crippen LogP contribution in [-0.4, -0.2) is 18.3 Å². The summed E-state index contributed by atoms with van der Waals surface area (Å²) in [5.74, 6) is 0.574. The van der Waals surface area contributed by atoms with Gasteiger partial charge in [0.1, 0.15) is 18.2 Å². The molecule has 3 aromatic rings. The van der Waals surface area contributed by atoms with Crippen LogP contribution in [0.1, 0.15) is 16.7 Å². The van der Waals surface area contributed by atoms with Crippen molar-refractivity contribution in [2.24, 2.45) is 5.10 Å². The number of halogens is 5. The third-order valence-electron chi connectivity index (χ3n) is 4.10. The van der Waals surface area contributed by atoms with Crippen LogP contribution in [-0.2, 0) is 12.8 Å². The first-order valence-electron chi connectivity index (χ1n) is 8.84. The summed E-state index contributed by atoms with van der Waals surface area (Å²) in [6.07, 6.45) is -2.29. The zero-order valence-electron chi connectivity index (χ0n) is 16.1. The molecule has 0 saturated carbocycles. The molecule has 0 amide bonds. The van der Waals surface area contributed by atoms with Crippen molar-refractivity contribution < 1.29 is 27.0 Å². The van der Waals surface area contributed by atoms with Gasteiger partial charge in [-0.2, -0.15) is 18.3 Å². The molecule has 0 bridgehead atoms. The van der Waals surface area contributed by atoms with E-state index in [2.05, 4.69) is 31.4 Å². The fraction of sp³-hybridized carbons (Fsp3) is 0.143. The Morgan fingerprint density at radius 3 is 2.55 bits per heavy atom. The number of hydrogen-bond acceptors (Lipinski definition) is 5. The van der Waals surface area contributed by atoms with Gasteiger partial charge in [0.15, 0.2) is 11.5 Å². The van der Waals surface area contributed by atoms with E-state index in [-0.39, 0.29) is 18.2 Å². The molecule has 5 nitrogen and oxygen atoms in total. The van der Waals surface area contributed by atoms with Gasteiger partial charge in [-0.1, -0.05) is 18.2 Å². The molecule has 10 heteroatoms. The van der Waals surface area contributed by atoms with E-state index >= 15 is 0 Å². The average Bonchev–Trinajstić information content (AvgIpc) is 2.74. The summed E-state index contributed by atoms with van der Waals surface area (Å²) in [4.78, 5) is 3.67. The van der Waals surface area contributed by atoms with Crippen LogP contribution in [0.5, 0.6) is 11.5 Å². The lowest BCUT2D eigenvalue weighted by Crippen LogP contribution is -2.05. The molecule has 1 heterocycles. The van der Waals surface area contributed by atoms with E-state index in [0.717, 1.165) is 12.3 Å². The second kappa shape index (κ2) is 9.78. The highest BCUT2D eigenvalue weighted by molar-refractivity contribution is 9.10. The van der Waals surface area contributed by atoms with Crippen molar-refractivity contribution in [1.82, 2.24) is 4.98 Å². The SMILES string of the molecule is COc1cc(/C=N\Nc2ccc(C(F)(F)F)cn2)c(Br)cc1OCc1ccccc1F. The number of benzene rings is 2. The molecule has 0 aliphatic carbocycles. The molecule has 3 rings (SSSR count). The van der Waals surface area contributed by atoms with Crippen molar-refractivity contribution >= 4 is 28.0 Å². The summed E-state index contributed by atoms with van der Waals surface area (Å²) in [6, 6.07) is 11.7. The highest BCUT2D eigenvalue weighted by Gasteiger charge is 2.30. The normalized spacial score (nSPS) is 11.5. The molecule has 0 aliphatic rings. The minimum atomic E-state index is -4.45. The van der Waals surface area contributed by atoms with Gasteiger partial charge in [-0.25, -0.2) is 9.37 Å². The first-order valence-corrected chi connectivity index (χ1v) is 9.63. The van der Waals surface area contributed by atoms with Crippen molar-refractivity contribution in [2.75, 3.05) is 12.5 Å². The third kappa shape index (κ3) is 5.94. The summed E-state index contributed by atoms with van der Waals surface area (Å²) in [5.41, 5.74) is 2.72. The zero-order valence-corrected chi connectivity index (χ0v) is 17.7. The molecule has 0 saturated heterocycles. The number of nitrogens with zero attached hydrogens (tertiary/aromatic N) is 2. The van der Waals surface area contributed by atoms with Crippen LogP contribution in [0.4, 0.5) is 23.4 Å². The average molecular weight is 498 g/mol. The Morgan fingerprint density at radius 1 is 1.13 bits per heavy atom. The predicted octanol–water partition coefficient (Wildman–Crippen LogP) is 6.04. The van der Waals surface area contributed by atoms with E-state index in [1.54, 1.807) is 30.3 Å². The number of ether oxygens (including phenoxy) is 2. The Bertz CT molecular complexity index is 1070. The predicted molar refractivity (Wildman–Crippen MR) is 112 cm³/mol. The molecule has 0 aliphatic heterocycles. The quantitative estimate of drug-likeness (QED) is 0.245. The fourth-order valence-electron chi connectivity index (χ4n) is 2.49. The monoisotopic (exact) mass is 497 g/mol. The maximum Gasteiger partial charge on any atom is 0.417 e. The molecule has 31 heavy (non-hydrogen) atoms.